The fraction of sp³-hybridized carbons (Fsp3) is 0.901. The van der Waals surface area contributed by atoms with Crippen molar-refractivity contribution < 1.29 is 61.8 Å². The largest absolute Gasteiger partial charge is 0.387 e. The highest BCUT2D eigenvalue weighted by Gasteiger charge is 2.65. The summed E-state index contributed by atoms with van der Waals surface area (Å²) < 4.78 is 56.9. The fourth-order valence-corrected chi connectivity index (χ4v) is 32.9. The van der Waals surface area contributed by atoms with Gasteiger partial charge < -0.3 is 20.4 Å². The molecular formula is C91H138F4N15O8+. The van der Waals surface area contributed by atoms with Gasteiger partial charge >= 0.3 is 0 Å². The number of aromatic nitrogens is 15. The van der Waals surface area contributed by atoms with E-state index in [2.05, 4.69) is 78.9 Å². The van der Waals surface area contributed by atoms with E-state index in [1.165, 1.54) is 73.6 Å². The van der Waals surface area contributed by atoms with Gasteiger partial charge in [0.1, 0.15) is 70.6 Å². The third-order valence-corrected chi connectivity index (χ3v) is 38.3. The van der Waals surface area contributed by atoms with Crippen molar-refractivity contribution in [1.29, 1.82) is 0 Å². The average molecular weight is 1650 g/mol. The second-order valence-electron chi connectivity index (χ2n) is 43.5. The Morgan fingerprint density at radius 2 is 0.754 bits per heavy atom. The summed E-state index contributed by atoms with van der Waals surface area (Å²) in [6, 6.07) is 0. The molecule has 20 rings (SSSR count). The molecule has 652 valence electrons. The Morgan fingerprint density at radius 3 is 1.07 bits per heavy atom. The predicted octanol–water partition coefficient (Wildman–Crippen LogP) is 13.2. The Labute approximate surface area is 694 Å². The lowest BCUT2D eigenvalue weighted by Crippen LogP contribution is -2.53. The Kier molecular flexibility index (Phi) is 23.9. The molecule has 0 amide bonds. The molecule has 118 heavy (non-hydrogen) atoms. The first-order valence-corrected chi connectivity index (χ1v) is 46.8. The first-order chi connectivity index (χ1) is 56.5. The van der Waals surface area contributed by atoms with Crippen molar-refractivity contribution in [2.45, 2.75) is 314 Å². The van der Waals surface area contributed by atoms with Crippen molar-refractivity contribution in [2.75, 3.05) is 26.7 Å². The first kappa shape index (κ1) is 84.8. The van der Waals surface area contributed by atoms with Crippen LogP contribution in [0.15, 0.2) is 25.3 Å². The number of tetrazole rings is 3. The summed E-state index contributed by atoms with van der Waals surface area (Å²) >= 11 is 0. The van der Waals surface area contributed by atoms with Crippen LogP contribution in [0, 0.1) is 171 Å². The number of rotatable bonds is 16. The van der Waals surface area contributed by atoms with Crippen molar-refractivity contribution in [3.05, 3.63) is 31.1 Å². The lowest BCUT2D eigenvalue weighted by atomic mass is 9.49. The van der Waals surface area contributed by atoms with Gasteiger partial charge in [0.2, 0.25) is 0 Å². The number of ketones is 4. The van der Waals surface area contributed by atoms with Gasteiger partial charge in [-0.05, 0) is 389 Å². The third-order valence-electron chi connectivity index (χ3n) is 38.3. The van der Waals surface area contributed by atoms with Crippen molar-refractivity contribution in [2.24, 2.45) is 171 Å². The highest BCUT2D eigenvalue weighted by Crippen LogP contribution is 2.70. The Bertz CT molecular complexity index is 4050. The van der Waals surface area contributed by atoms with Gasteiger partial charge in [-0.3, -0.25) is 19.2 Å². The van der Waals surface area contributed by atoms with Gasteiger partial charge in [0.25, 0.3) is 6.33 Å². The van der Waals surface area contributed by atoms with Crippen molar-refractivity contribution >= 4 is 23.1 Å². The van der Waals surface area contributed by atoms with Gasteiger partial charge in [-0.25, -0.2) is 27.2 Å². The van der Waals surface area contributed by atoms with Crippen LogP contribution in [0.3, 0.4) is 0 Å². The molecule has 16 aliphatic carbocycles. The lowest BCUT2D eigenvalue weighted by molar-refractivity contribution is -0.767. The number of alkyl halides is 4. The maximum Gasteiger partial charge on any atom is 0.289 e. The van der Waals surface area contributed by atoms with E-state index < -0.39 is 49.1 Å². The summed E-state index contributed by atoms with van der Waals surface area (Å²) in [5, 5.41) is 77.6. The van der Waals surface area contributed by atoms with E-state index in [4.69, 9.17) is 0 Å². The summed E-state index contributed by atoms with van der Waals surface area (Å²) in [5.74, 6) is 14.8. The number of hydrogen-bond acceptors (Lipinski definition) is 18. The lowest BCUT2D eigenvalue weighted by Gasteiger charge is -2.56. The molecule has 0 aromatic carbocycles. The molecule has 0 radical (unpaired) electrons. The van der Waals surface area contributed by atoms with Crippen LogP contribution in [-0.2, 0) is 52.4 Å². The molecule has 4 aromatic rings. The minimum absolute atomic E-state index is 0.0784. The maximum atomic E-state index is 13.4. The van der Waals surface area contributed by atoms with Crippen LogP contribution < -0.4 is 4.68 Å². The van der Waals surface area contributed by atoms with Crippen LogP contribution in [0.1, 0.15) is 265 Å². The van der Waals surface area contributed by atoms with Crippen LogP contribution in [0.25, 0.3) is 0 Å². The SMILES string of the molecule is C[C@]12CC[C@H]3[C@@H](CC[C@@H]4C[C@@](O)(CF)CC[C@@H]43)[C@@H]1CC[C@@H]2C(=O)Cn1cncn1.C[C@]12CC[C@H]3[C@@H](CC[C@@H]4C[C@@](O)(CF)CC[C@@H]43)[C@@H]1CC[C@@H]2C(=O)Cn1ncnn1.Cc1nnn(CC(=O)[C@H]2CC[C@H]3[C@@H]4CC[C@@H]5C[C@@](O)(CF)CC[C@@H]5[C@H]4CC[C@]23C)n1.Cn1nnc[n+]1CC(=O)[C@H]1CC[C@H]2[C@@H]3CC[C@@H]4C[C@@](O)(CF)CC[C@@H]4[C@H]3CC[C@]12C. The molecule has 16 fully saturated rings. The van der Waals surface area contributed by atoms with E-state index in [1.807, 2.05) is 7.05 Å². The van der Waals surface area contributed by atoms with Crippen LogP contribution >= 0.6 is 0 Å². The second kappa shape index (κ2) is 33.3. The molecule has 0 spiro atoms. The molecule has 16 saturated carbocycles. The summed E-state index contributed by atoms with van der Waals surface area (Å²) in [6.07, 6.45) is 42.1. The van der Waals surface area contributed by atoms with Gasteiger partial charge in [-0.1, -0.05) is 32.5 Å². The number of hydrogen-bond donors (Lipinski definition) is 4. The molecule has 0 unspecified atom stereocenters. The zero-order valence-corrected chi connectivity index (χ0v) is 71.4. The smallest absolute Gasteiger partial charge is 0.289 e. The van der Waals surface area contributed by atoms with E-state index in [9.17, 15) is 57.2 Å². The molecule has 0 saturated heterocycles. The second-order valence-corrected chi connectivity index (χ2v) is 43.5. The molecule has 23 nitrogen and oxygen atoms in total. The van der Waals surface area contributed by atoms with Crippen LogP contribution in [0.4, 0.5) is 17.6 Å². The highest BCUT2D eigenvalue weighted by atomic mass is 19.1. The third kappa shape index (κ3) is 15.6. The number of nitrogens with zero attached hydrogens (tertiary/aromatic N) is 15. The predicted molar refractivity (Wildman–Crippen MR) is 428 cm³/mol. The van der Waals surface area contributed by atoms with E-state index in [-0.39, 0.29) is 70.0 Å². The molecule has 32 atom stereocenters. The number of Topliss-reactive ketones (excluding diaryl/α,β-unsaturated/α-hetero) is 4. The van der Waals surface area contributed by atoms with Crippen LogP contribution in [-0.4, -0.2) is 163 Å². The van der Waals surface area contributed by atoms with E-state index in [1.54, 1.807) is 33.7 Å². The molecule has 0 aliphatic heterocycles. The van der Waals surface area contributed by atoms with E-state index >= 15 is 0 Å². The number of fused-ring (bicyclic) bond motifs is 20. The first-order valence-electron chi connectivity index (χ1n) is 46.8. The van der Waals surface area contributed by atoms with Crippen LogP contribution in [0.2, 0.25) is 0 Å². The number of carbonyl (C=O) groups is 4. The molecule has 0 bridgehead atoms. The Balaban J connectivity index is 0.000000113. The molecule has 16 aliphatic rings. The topological polar surface area (TPSA) is 302 Å². The summed E-state index contributed by atoms with van der Waals surface area (Å²) in [7, 11) is 1.82. The zero-order chi connectivity index (χ0) is 82.6. The highest BCUT2D eigenvalue weighted by molar-refractivity contribution is 5.83. The molecule has 27 heteroatoms. The monoisotopic (exact) mass is 1650 g/mol. The normalized spacial score (nSPS) is 46.0. The molecule has 4 heterocycles. The zero-order valence-electron chi connectivity index (χ0n) is 71.4. The maximum absolute atomic E-state index is 13.4. The summed E-state index contributed by atoms with van der Waals surface area (Å²) in [5.41, 5.74) is -3.90. The molecular weight excluding hydrogens is 1510 g/mol. The van der Waals surface area contributed by atoms with Gasteiger partial charge in [0.05, 0.1) is 29.5 Å². The quantitative estimate of drug-likeness (QED) is 0.0598. The molecule has 4 aromatic heterocycles. The average Bonchev–Trinajstić information content (AvgIpc) is 1.61. The number of halogens is 4. The van der Waals surface area contributed by atoms with Gasteiger partial charge in [0.15, 0.2) is 40.5 Å². The van der Waals surface area contributed by atoms with Gasteiger partial charge in [0, 0.05) is 23.7 Å². The van der Waals surface area contributed by atoms with Crippen molar-refractivity contribution in [1.82, 2.24) is 70.3 Å². The number of aryl methyl sites for hydroxylation is 2. The minimum Gasteiger partial charge on any atom is -0.387 e. The summed E-state index contributed by atoms with van der Waals surface area (Å²) in [6.45, 7) is 10.0. The van der Waals surface area contributed by atoms with Gasteiger partial charge in [-0.15, -0.1) is 20.4 Å². The minimum atomic E-state index is -1.07. The van der Waals surface area contributed by atoms with E-state index in [0.717, 1.165) is 128 Å². The van der Waals surface area contributed by atoms with Gasteiger partial charge in [-0.2, -0.15) is 19.4 Å². The number of carbonyl (C=O) groups excluding carboxylic acids is 4. The van der Waals surface area contributed by atoms with Crippen LogP contribution in [0.5, 0.6) is 0 Å². The van der Waals surface area contributed by atoms with Crippen molar-refractivity contribution in [3.8, 4) is 0 Å². The van der Waals surface area contributed by atoms with E-state index in [0.29, 0.717) is 200 Å². The Hall–Kier alpha value is -5.41. The number of aliphatic hydroxyl groups is 4. The standard InChI is InChI=1S/C23H36FN4O2.C23H35FN4O2.C23H34FN3O2.C22H33FN4O2/c1-22-9-7-17-16-8-10-23(30,13-24)11-15(16)3-4-18(17)19(22)5-6-20(22)21(29)12-28-14-25-26-27(28)2;1-14-25-27-28(26-14)12-21(29)20-6-5-19-18-4-3-15-11-23(30,13-24)10-8-16(15)17(18)7-9-22(19,20)2;1-22-8-6-17-16-7-9-23(29,12-24)10-15(16)2-3-18(17)19(22)4-5-20(22)21(28)11-27-14-25-13-26-27;1-21-8-6-16-15-7-9-22(29,12-23)10-14(15)2-3-17(16)18(21)4-5-19(21)20(28)11-27-25-13-24-26-27/h14-20,30H,3-13H2,1-2H3;15-20,30H,3-13H2,1-2H3;13-20,29H,2-12H2,1H3;13-19,29H,2-12H2,1H3/q+1;;;/t3*15-,16+,17-,18-,19+,20-,22+,23-;14-,15+,16-,17-,18+,19-,21+,22-/m1111/s1. The fourth-order valence-electron chi connectivity index (χ4n) is 32.9. The Morgan fingerprint density at radius 1 is 0.398 bits per heavy atom. The molecule has 4 N–H and O–H groups in total. The van der Waals surface area contributed by atoms with Crippen molar-refractivity contribution in [3.63, 3.8) is 0 Å². The summed E-state index contributed by atoms with van der Waals surface area (Å²) in [4.78, 5) is 61.1.